The number of nitrogens with zero attached hydrogens (tertiary/aromatic N) is 2. The molecule has 0 aromatic heterocycles. The largest absolute Gasteiger partial charge is 0.340 e. The minimum absolute atomic E-state index is 0.344. The number of rotatable bonds is 6. The molecular weight excluding hydrogens is 256 g/mol. The van der Waals surface area contributed by atoms with Crippen molar-refractivity contribution in [3.8, 4) is 0 Å². The molecular formula is C15H30N2OS. The van der Waals surface area contributed by atoms with Crippen LogP contribution in [0.2, 0.25) is 0 Å². The second-order valence-corrected chi connectivity index (χ2v) is 7.87. The first-order valence-electron chi connectivity index (χ1n) is 7.50. The third kappa shape index (κ3) is 7.21. The highest BCUT2D eigenvalue weighted by atomic mass is 32.2. The molecule has 0 bridgehead atoms. The molecule has 0 atom stereocenters. The maximum atomic E-state index is 12.0. The maximum absolute atomic E-state index is 12.0. The molecule has 1 amide bonds. The minimum Gasteiger partial charge on any atom is -0.340 e. The Balaban J connectivity index is 2.19. The van der Waals surface area contributed by atoms with E-state index in [1.807, 2.05) is 16.7 Å². The first kappa shape index (κ1) is 16.8. The summed E-state index contributed by atoms with van der Waals surface area (Å²) in [5.74, 6) is 2.42. The van der Waals surface area contributed by atoms with E-state index in [0.717, 1.165) is 44.2 Å². The van der Waals surface area contributed by atoms with Gasteiger partial charge in [-0.05, 0) is 24.1 Å². The van der Waals surface area contributed by atoms with Crippen LogP contribution in [-0.2, 0) is 4.79 Å². The molecule has 0 N–H and O–H groups in total. The highest BCUT2D eigenvalue weighted by Gasteiger charge is 2.21. The van der Waals surface area contributed by atoms with E-state index in [9.17, 15) is 4.79 Å². The third-order valence-electron chi connectivity index (χ3n) is 3.57. The molecule has 3 nitrogen and oxygen atoms in total. The third-order valence-corrected chi connectivity index (χ3v) is 4.47. The van der Waals surface area contributed by atoms with Gasteiger partial charge in [-0.1, -0.05) is 27.7 Å². The van der Waals surface area contributed by atoms with Crippen LogP contribution in [0.3, 0.4) is 0 Å². The van der Waals surface area contributed by atoms with Crippen LogP contribution in [0.4, 0.5) is 0 Å². The van der Waals surface area contributed by atoms with Crippen LogP contribution in [0.5, 0.6) is 0 Å². The van der Waals surface area contributed by atoms with Gasteiger partial charge in [-0.15, -0.1) is 0 Å². The molecule has 1 heterocycles. The Morgan fingerprint density at radius 1 is 1.16 bits per heavy atom. The Hall–Kier alpha value is -0.220. The van der Waals surface area contributed by atoms with E-state index in [1.54, 1.807) is 0 Å². The molecule has 1 aliphatic heterocycles. The molecule has 19 heavy (non-hydrogen) atoms. The lowest BCUT2D eigenvalue weighted by molar-refractivity contribution is -0.132. The van der Waals surface area contributed by atoms with Gasteiger partial charge >= 0.3 is 0 Å². The van der Waals surface area contributed by atoms with E-state index in [-0.39, 0.29) is 0 Å². The van der Waals surface area contributed by atoms with Gasteiger partial charge in [0.05, 0.1) is 0 Å². The second kappa shape index (κ2) is 8.15. The van der Waals surface area contributed by atoms with E-state index < -0.39 is 0 Å². The topological polar surface area (TPSA) is 23.6 Å². The van der Waals surface area contributed by atoms with Crippen LogP contribution >= 0.6 is 11.8 Å². The van der Waals surface area contributed by atoms with E-state index in [0.29, 0.717) is 17.7 Å². The highest BCUT2D eigenvalue weighted by molar-refractivity contribution is 7.99. The average molecular weight is 286 g/mol. The number of piperazine rings is 1. The monoisotopic (exact) mass is 286 g/mol. The predicted octanol–water partition coefficient (Wildman–Crippen LogP) is 2.71. The van der Waals surface area contributed by atoms with Gasteiger partial charge in [0.25, 0.3) is 0 Å². The fourth-order valence-corrected chi connectivity index (χ4v) is 2.78. The summed E-state index contributed by atoms with van der Waals surface area (Å²) in [6.45, 7) is 14.1. The van der Waals surface area contributed by atoms with Crippen LogP contribution in [0.25, 0.3) is 0 Å². The molecule has 0 aromatic rings. The van der Waals surface area contributed by atoms with Crippen LogP contribution < -0.4 is 0 Å². The van der Waals surface area contributed by atoms with Crippen LogP contribution in [-0.4, -0.2) is 59.9 Å². The van der Waals surface area contributed by atoms with Crippen LogP contribution in [0.1, 0.15) is 40.5 Å². The zero-order chi connectivity index (χ0) is 14.3. The lowest BCUT2D eigenvalue weighted by Crippen LogP contribution is -2.49. The highest BCUT2D eigenvalue weighted by Crippen LogP contribution is 2.19. The van der Waals surface area contributed by atoms with Crippen molar-refractivity contribution in [2.45, 2.75) is 40.5 Å². The van der Waals surface area contributed by atoms with Crippen molar-refractivity contribution >= 4 is 17.7 Å². The van der Waals surface area contributed by atoms with Crippen molar-refractivity contribution in [3.63, 3.8) is 0 Å². The molecule has 112 valence electrons. The zero-order valence-electron chi connectivity index (χ0n) is 13.1. The Kier molecular flexibility index (Phi) is 7.22. The zero-order valence-corrected chi connectivity index (χ0v) is 13.9. The Morgan fingerprint density at radius 3 is 2.32 bits per heavy atom. The van der Waals surface area contributed by atoms with E-state index in [4.69, 9.17) is 0 Å². The van der Waals surface area contributed by atoms with Crippen molar-refractivity contribution in [3.05, 3.63) is 0 Å². The van der Waals surface area contributed by atoms with Gasteiger partial charge < -0.3 is 4.90 Å². The van der Waals surface area contributed by atoms with Gasteiger partial charge in [0.2, 0.25) is 5.91 Å². The Labute approximate surface area is 123 Å². The van der Waals surface area contributed by atoms with Gasteiger partial charge in [-0.2, -0.15) is 11.8 Å². The SMILES string of the molecule is CCSCCC(=O)N1CCN(CCC(C)(C)C)CC1. The molecule has 1 fully saturated rings. The Bertz CT molecular complexity index is 268. The predicted molar refractivity (Wildman–Crippen MR) is 84.7 cm³/mol. The number of carbonyl (C=O) groups is 1. The van der Waals surface area contributed by atoms with E-state index >= 15 is 0 Å². The molecule has 1 aliphatic rings. The van der Waals surface area contributed by atoms with Gasteiger partial charge in [0.15, 0.2) is 0 Å². The molecule has 0 aromatic carbocycles. The standard InChI is InChI=1S/C15H30N2OS/c1-5-19-13-6-14(18)17-11-9-16(10-12-17)8-7-15(2,3)4/h5-13H2,1-4H3. The maximum Gasteiger partial charge on any atom is 0.223 e. The number of hydrogen-bond acceptors (Lipinski definition) is 3. The fourth-order valence-electron chi connectivity index (χ4n) is 2.18. The van der Waals surface area contributed by atoms with Crippen molar-refractivity contribution in [1.82, 2.24) is 9.80 Å². The first-order chi connectivity index (χ1) is 8.92. The molecule has 0 radical (unpaired) electrons. The number of thioether (sulfide) groups is 1. The van der Waals surface area contributed by atoms with Crippen molar-refractivity contribution in [1.29, 1.82) is 0 Å². The fraction of sp³-hybridized carbons (Fsp3) is 0.933. The van der Waals surface area contributed by atoms with Crippen LogP contribution in [0, 0.1) is 5.41 Å². The van der Waals surface area contributed by atoms with Gasteiger partial charge in [-0.25, -0.2) is 0 Å². The summed E-state index contributed by atoms with van der Waals surface area (Å²) in [6, 6.07) is 0. The molecule has 0 aliphatic carbocycles. The second-order valence-electron chi connectivity index (χ2n) is 6.48. The lowest BCUT2D eigenvalue weighted by Gasteiger charge is -2.36. The smallest absolute Gasteiger partial charge is 0.223 e. The molecule has 1 saturated heterocycles. The van der Waals surface area contributed by atoms with Crippen molar-refractivity contribution < 1.29 is 4.79 Å². The summed E-state index contributed by atoms with van der Waals surface area (Å²) >= 11 is 1.85. The van der Waals surface area contributed by atoms with Crippen LogP contribution in [0.15, 0.2) is 0 Å². The average Bonchev–Trinajstić information content (AvgIpc) is 2.36. The van der Waals surface area contributed by atoms with E-state index in [1.165, 1.54) is 6.42 Å². The molecule has 0 unspecified atom stereocenters. The summed E-state index contributed by atoms with van der Waals surface area (Å²) < 4.78 is 0. The lowest BCUT2D eigenvalue weighted by atomic mass is 9.92. The van der Waals surface area contributed by atoms with Gasteiger partial charge in [-0.3, -0.25) is 9.69 Å². The summed E-state index contributed by atoms with van der Waals surface area (Å²) in [7, 11) is 0. The van der Waals surface area contributed by atoms with Gasteiger partial charge in [0, 0.05) is 38.4 Å². The van der Waals surface area contributed by atoms with Crippen molar-refractivity contribution in [2.75, 3.05) is 44.2 Å². The van der Waals surface area contributed by atoms with Gasteiger partial charge in [0.1, 0.15) is 0 Å². The first-order valence-corrected chi connectivity index (χ1v) is 8.66. The quantitative estimate of drug-likeness (QED) is 0.702. The summed E-state index contributed by atoms with van der Waals surface area (Å²) in [6.07, 6.45) is 1.94. The summed E-state index contributed by atoms with van der Waals surface area (Å²) in [5, 5.41) is 0. The minimum atomic E-state index is 0.344. The summed E-state index contributed by atoms with van der Waals surface area (Å²) in [4.78, 5) is 16.5. The molecule has 4 heteroatoms. The molecule has 1 rings (SSSR count). The van der Waals surface area contributed by atoms with Crippen molar-refractivity contribution in [2.24, 2.45) is 5.41 Å². The number of hydrogen-bond donors (Lipinski definition) is 0. The Morgan fingerprint density at radius 2 is 1.79 bits per heavy atom. The van der Waals surface area contributed by atoms with E-state index in [2.05, 4.69) is 32.6 Å². The number of amides is 1. The molecule has 0 spiro atoms. The normalized spacial score (nSPS) is 17.8. The summed E-state index contributed by atoms with van der Waals surface area (Å²) in [5.41, 5.74) is 0.407. The molecule has 0 saturated carbocycles. The number of carbonyl (C=O) groups excluding carboxylic acids is 1.